The third-order valence-corrected chi connectivity index (χ3v) is 14.2. The average Bonchev–Trinajstić information content (AvgIpc) is 3.79. The SMILES string of the molecule is BrB1Oc2ccccc2O1.COc1ccc(CO[C@H]2CCC(=O)c3c2c(CO)c2cc(C)c(C=O)c(O)c2c3O)cc1.COc1ccc(CO[C@H]2CCC(O)c3c2c(CO)c2cc(C)c(C=O)c(C)c2c3O)cc1. The number of ether oxygens (including phenoxy) is 4. The van der Waals surface area contributed by atoms with Crippen LogP contribution in [0.3, 0.4) is 0 Å². The van der Waals surface area contributed by atoms with E-state index in [2.05, 4.69) is 15.8 Å². The van der Waals surface area contributed by atoms with Gasteiger partial charge in [0.1, 0.15) is 40.2 Å². The Labute approximate surface area is 435 Å². The van der Waals surface area contributed by atoms with Crippen LogP contribution in [0.2, 0.25) is 0 Å². The number of para-hydroxylation sites is 2. The number of carbonyl (C=O) groups is 3. The van der Waals surface area contributed by atoms with E-state index in [0.29, 0.717) is 92.8 Å². The highest BCUT2D eigenvalue weighted by Gasteiger charge is 2.36. The number of carbonyl (C=O) groups excluding carboxylic acids is 3. The standard InChI is InChI=1S/C26H28O6.C25H24O7.C6H4BBrO2/c1-14-10-18-20(12-28)24-22(32-13-16-4-6-17(31-3)7-5-16)9-8-21(29)25(24)26(30)23(18)15(2)19(14)11-27;1-13-9-16-18(11-27)21-20(32-12-14-3-5-15(31-2)6-4-14)8-7-19(28)23(21)25(30)22(16)24(29)17(13)10-26;8-7-9-5-3-1-2-4-6(5)10-7/h4-7,10-11,21-22,28-30H,8-9,12-13H2,1-3H3;3-6,9-10,20,27,29-30H,7-8,11-12H2,1-2H3;1-4H/t21?,22-;20-;/m00./s1. The van der Waals surface area contributed by atoms with Crippen LogP contribution in [0.4, 0.5) is 0 Å². The largest absolute Gasteiger partial charge is 0.678 e. The van der Waals surface area contributed by atoms with Crippen molar-refractivity contribution in [2.75, 3.05) is 14.2 Å². The van der Waals surface area contributed by atoms with Gasteiger partial charge >= 0.3 is 5.94 Å². The molecule has 10 rings (SSSR count). The lowest BCUT2D eigenvalue weighted by atomic mass is 9.79. The third kappa shape index (κ3) is 10.4. The van der Waals surface area contributed by atoms with Crippen molar-refractivity contribution >= 4 is 61.6 Å². The number of halogens is 1. The summed E-state index contributed by atoms with van der Waals surface area (Å²) in [6, 6.07) is 26.0. The van der Waals surface area contributed by atoms with E-state index in [0.717, 1.165) is 46.0 Å². The quantitative estimate of drug-likeness (QED) is 0.0494. The van der Waals surface area contributed by atoms with E-state index in [1.807, 2.05) is 85.8 Å². The Kier molecular flexibility index (Phi) is 16.6. The molecular formula is C57H56BBrO15. The van der Waals surface area contributed by atoms with Gasteiger partial charge in [0.2, 0.25) is 0 Å². The number of aryl methyl sites for hydroxylation is 3. The van der Waals surface area contributed by atoms with Gasteiger partial charge in [-0.15, -0.1) is 0 Å². The average molecular weight is 1070 g/mol. The van der Waals surface area contributed by atoms with Crippen molar-refractivity contribution in [1.29, 1.82) is 0 Å². The third-order valence-electron chi connectivity index (χ3n) is 13.9. The van der Waals surface area contributed by atoms with Gasteiger partial charge in [-0.1, -0.05) is 42.5 Å². The summed E-state index contributed by atoms with van der Waals surface area (Å²) in [5.41, 5.74) is 6.83. The number of rotatable bonds is 12. The van der Waals surface area contributed by atoms with Gasteiger partial charge in [-0.2, -0.15) is 0 Å². The molecule has 7 aromatic carbocycles. The van der Waals surface area contributed by atoms with Crippen molar-refractivity contribution in [3.63, 3.8) is 0 Å². The molecule has 6 N–H and O–H groups in total. The molecule has 0 bridgehead atoms. The number of hydrogen-bond donors (Lipinski definition) is 6. The fraction of sp³-hybridized carbons (Fsp3) is 0.281. The molecule has 3 aliphatic rings. The number of fused-ring (bicyclic) bond motifs is 5. The zero-order valence-electron chi connectivity index (χ0n) is 41.4. The lowest BCUT2D eigenvalue weighted by Gasteiger charge is -2.33. The number of benzene rings is 7. The summed E-state index contributed by atoms with van der Waals surface area (Å²) in [5.74, 6) is 1.63. The molecule has 1 heterocycles. The molecule has 2 aliphatic carbocycles. The summed E-state index contributed by atoms with van der Waals surface area (Å²) in [6.07, 6.45) is 1.02. The van der Waals surface area contributed by atoms with Crippen LogP contribution in [0.15, 0.2) is 84.9 Å². The number of ketones is 1. The van der Waals surface area contributed by atoms with Gasteiger partial charge in [-0.25, -0.2) is 0 Å². The Balaban J connectivity index is 0.000000165. The van der Waals surface area contributed by atoms with Crippen LogP contribution in [-0.4, -0.2) is 69.2 Å². The Morgan fingerprint density at radius 2 is 1.15 bits per heavy atom. The van der Waals surface area contributed by atoms with E-state index in [1.165, 1.54) is 0 Å². The number of methoxy groups -OCH3 is 2. The van der Waals surface area contributed by atoms with E-state index in [1.54, 1.807) is 34.1 Å². The first-order chi connectivity index (χ1) is 35.7. The van der Waals surface area contributed by atoms with Crippen molar-refractivity contribution < 1.29 is 73.3 Å². The number of Topliss-reactive ketones (excluding diaryl/α,β-unsaturated/α-hetero) is 1. The van der Waals surface area contributed by atoms with E-state index >= 15 is 0 Å². The maximum absolute atomic E-state index is 12.8. The summed E-state index contributed by atoms with van der Waals surface area (Å²) in [4.78, 5) is 35.8. The van der Waals surface area contributed by atoms with Crippen LogP contribution in [0.1, 0.15) is 131 Å². The highest BCUT2D eigenvalue weighted by atomic mass is 79.9. The minimum Gasteiger partial charge on any atom is -0.514 e. The second kappa shape index (κ2) is 23.1. The van der Waals surface area contributed by atoms with Gasteiger partial charge in [-0.05, 0) is 154 Å². The first-order valence-corrected chi connectivity index (χ1v) is 24.8. The Morgan fingerprint density at radius 3 is 1.66 bits per heavy atom. The molecule has 0 spiro atoms. The van der Waals surface area contributed by atoms with Crippen LogP contribution >= 0.6 is 15.8 Å². The highest BCUT2D eigenvalue weighted by molar-refractivity contribution is 9.24. The molecule has 1 aliphatic heterocycles. The molecule has 0 saturated carbocycles. The minimum absolute atomic E-state index is 0.00958. The number of aromatic hydroxyl groups is 3. The molecule has 0 aromatic heterocycles. The van der Waals surface area contributed by atoms with E-state index in [9.17, 15) is 45.0 Å². The van der Waals surface area contributed by atoms with E-state index < -0.39 is 30.3 Å². The number of aldehydes is 2. The van der Waals surface area contributed by atoms with Gasteiger partial charge in [0.05, 0.1) is 75.5 Å². The fourth-order valence-corrected chi connectivity index (χ4v) is 10.5. The van der Waals surface area contributed by atoms with Crippen molar-refractivity contribution in [2.24, 2.45) is 0 Å². The van der Waals surface area contributed by atoms with Crippen molar-refractivity contribution in [1.82, 2.24) is 0 Å². The van der Waals surface area contributed by atoms with Gasteiger partial charge in [0.15, 0.2) is 18.4 Å². The molecule has 0 amide bonds. The van der Waals surface area contributed by atoms with Crippen LogP contribution in [0.5, 0.6) is 40.2 Å². The minimum atomic E-state index is -0.874. The predicted octanol–water partition coefficient (Wildman–Crippen LogP) is 10.5. The van der Waals surface area contributed by atoms with Gasteiger partial charge in [-0.3, -0.25) is 14.4 Å². The highest BCUT2D eigenvalue weighted by Crippen LogP contribution is 2.51. The Hall–Kier alpha value is -6.99. The maximum atomic E-state index is 12.8. The summed E-state index contributed by atoms with van der Waals surface area (Å²) in [7, 11) is 3.21. The summed E-state index contributed by atoms with van der Waals surface area (Å²) >= 11 is 3.17. The summed E-state index contributed by atoms with van der Waals surface area (Å²) in [6.45, 7) is 5.18. The zero-order valence-corrected chi connectivity index (χ0v) is 43.0. The molecule has 74 heavy (non-hydrogen) atoms. The second-order valence-electron chi connectivity index (χ2n) is 18.2. The van der Waals surface area contributed by atoms with Crippen LogP contribution in [-0.2, 0) is 35.9 Å². The molecule has 0 fully saturated rings. The fourth-order valence-electron chi connectivity index (χ4n) is 10.1. The molecule has 1 unspecified atom stereocenters. The van der Waals surface area contributed by atoms with Gasteiger partial charge in [0.25, 0.3) is 0 Å². The van der Waals surface area contributed by atoms with Crippen molar-refractivity contribution in [2.45, 2.75) is 91.2 Å². The van der Waals surface area contributed by atoms with Crippen molar-refractivity contribution in [3.8, 4) is 40.2 Å². The molecule has 384 valence electrons. The molecule has 17 heteroatoms. The molecule has 0 saturated heterocycles. The second-order valence-corrected chi connectivity index (χ2v) is 18.9. The molecule has 3 atom stereocenters. The number of aliphatic hydroxyl groups is 3. The van der Waals surface area contributed by atoms with Gasteiger partial charge in [0, 0.05) is 28.5 Å². The number of phenolic OH excluding ortho intramolecular Hbond substituents is 3. The number of hydrogen-bond acceptors (Lipinski definition) is 15. The smallest absolute Gasteiger partial charge is 0.514 e. The van der Waals surface area contributed by atoms with Gasteiger partial charge < -0.3 is 58.9 Å². The Bertz CT molecular complexity index is 3230. The van der Waals surface area contributed by atoms with Crippen LogP contribution in [0, 0.1) is 20.8 Å². The maximum Gasteiger partial charge on any atom is 0.678 e. The lowest BCUT2D eigenvalue weighted by Crippen LogP contribution is -2.21. The summed E-state index contributed by atoms with van der Waals surface area (Å²) in [5, 5.41) is 65.7. The normalized spacial score (nSPS) is 16.4. The van der Waals surface area contributed by atoms with Crippen LogP contribution in [0.25, 0.3) is 21.5 Å². The summed E-state index contributed by atoms with van der Waals surface area (Å²) < 4.78 is 33.1. The first-order valence-electron chi connectivity index (χ1n) is 23.9. The van der Waals surface area contributed by atoms with Crippen molar-refractivity contribution in [3.05, 3.63) is 157 Å². The number of aliphatic hydroxyl groups excluding tert-OH is 3. The molecule has 0 radical (unpaired) electrons. The first kappa shape index (κ1) is 53.3. The number of phenols is 3. The topological polar surface area (TPSA) is 228 Å². The lowest BCUT2D eigenvalue weighted by molar-refractivity contribution is 0.00781. The van der Waals surface area contributed by atoms with Crippen LogP contribution < -0.4 is 18.8 Å². The van der Waals surface area contributed by atoms with E-state index in [4.69, 9.17) is 28.3 Å². The molecular weight excluding hydrogens is 1020 g/mol. The molecule has 7 aromatic rings. The Morgan fingerprint density at radius 1 is 0.649 bits per heavy atom. The zero-order chi connectivity index (χ0) is 53.0. The predicted molar refractivity (Wildman–Crippen MR) is 281 cm³/mol. The monoisotopic (exact) mass is 1070 g/mol. The van der Waals surface area contributed by atoms with E-state index in [-0.39, 0.29) is 59.7 Å². The molecule has 15 nitrogen and oxygen atoms in total.